The van der Waals surface area contributed by atoms with Crippen molar-refractivity contribution < 1.29 is 4.79 Å². The van der Waals surface area contributed by atoms with Crippen LogP contribution in [0, 0.1) is 5.92 Å². The summed E-state index contributed by atoms with van der Waals surface area (Å²) in [6.07, 6.45) is 3.88. The predicted octanol–water partition coefficient (Wildman–Crippen LogP) is 3.92. The number of fused-ring (bicyclic) bond motifs is 3. The molecule has 0 unspecified atom stereocenters. The third-order valence-electron chi connectivity index (χ3n) is 5.18. The number of thiophene rings is 1. The van der Waals surface area contributed by atoms with Crippen molar-refractivity contribution in [2.24, 2.45) is 13.0 Å². The summed E-state index contributed by atoms with van der Waals surface area (Å²) in [6.45, 7) is 0.572. The van der Waals surface area contributed by atoms with Crippen molar-refractivity contribution in [3.63, 3.8) is 0 Å². The van der Waals surface area contributed by atoms with E-state index in [2.05, 4.69) is 39.9 Å². The Morgan fingerprint density at radius 2 is 2.18 bits per heavy atom. The molecule has 3 heterocycles. The maximum atomic E-state index is 11.9. The Balaban J connectivity index is 1.52. The fourth-order valence-electron chi connectivity index (χ4n) is 3.51. The highest BCUT2D eigenvalue weighted by Crippen LogP contribution is 2.38. The number of carbonyl (C=O) groups excluding carboxylic acids is 1. The maximum absolute atomic E-state index is 11.9. The molecule has 142 valence electrons. The molecule has 6 nitrogen and oxygen atoms in total. The number of imidazole rings is 1. The zero-order chi connectivity index (χ0) is 19.3. The normalized spacial score (nSPS) is 13.9. The number of nitrogens with one attached hydrogen (secondary N) is 2. The minimum absolute atomic E-state index is 0.176. The van der Waals surface area contributed by atoms with Gasteiger partial charge in [-0.25, -0.2) is 9.97 Å². The topological polar surface area (TPSA) is 71.8 Å². The molecule has 1 aliphatic rings. The Bertz CT molecular complexity index is 1200. The lowest BCUT2D eigenvalue weighted by Crippen LogP contribution is -2.24. The Hall–Kier alpha value is -2.93. The van der Waals surface area contributed by atoms with Crippen LogP contribution in [0.2, 0.25) is 0 Å². The van der Waals surface area contributed by atoms with Gasteiger partial charge in [-0.2, -0.15) is 0 Å². The first kappa shape index (κ1) is 17.2. The molecule has 4 aromatic rings. The zero-order valence-corrected chi connectivity index (χ0v) is 16.6. The summed E-state index contributed by atoms with van der Waals surface area (Å²) in [4.78, 5) is 22.3. The van der Waals surface area contributed by atoms with E-state index in [0.29, 0.717) is 6.54 Å². The van der Waals surface area contributed by atoms with Crippen molar-refractivity contribution in [3.05, 3.63) is 42.2 Å². The number of aromatic nitrogens is 3. The van der Waals surface area contributed by atoms with Gasteiger partial charge >= 0.3 is 0 Å². The Morgan fingerprint density at radius 3 is 2.96 bits per heavy atom. The highest BCUT2D eigenvalue weighted by atomic mass is 32.1. The number of benzene rings is 1. The van der Waals surface area contributed by atoms with E-state index < -0.39 is 0 Å². The fraction of sp³-hybridized carbons (Fsp3) is 0.286. The van der Waals surface area contributed by atoms with Crippen LogP contribution in [0.3, 0.4) is 0 Å². The van der Waals surface area contributed by atoms with Crippen molar-refractivity contribution >= 4 is 44.3 Å². The molecular weight excluding hydrogens is 370 g/mol. The molecule has 1 aromatic carbocycles. The summed E-state index contributed by atoms with van der Waals surface area (Å²) in [5, 5.41) is 6.19. The average Bonchev–Trinajstić information content (AvgIpc) is 3.37. The van der Waals surface area contributed by atoms with Crippen LogP contribution in [0.4, 0.5) is 5.82 Å². The molecule has 0 radical (unpaired) electrons. The maximum Gasteiger partial charge on any atom is 0.223 e. The minimum atomic E-state index is 0.176. The molecule has 0 saturated heterocycles. The number of pyridine rings is 1. The molecule has 1 aliphatic carbocycles. The van der Waals surface area contributed by atoms with Gasteiger partial charge in [-0.3, -0.25) is 4.79 Å². The highest BCUT2D eigenvalue weighted by Gasteiger charge is 2.29. The van der Waals surface area contributed by atoms with Crippen molar-refractivity contribution in [1.82, 2.24) is 19.9 Å². The van der Waals surface area contributed by atoms with Gasteiger partial charge in [-0.15, -0.1) is 11.3 Å². The first-order valence-electron chi connectivity index (χ1n) is 9.43. The van der Waals surface area contributed by atoms with Crippen LogP contribution in [-0.2, 0) is 18.4 Å². The van der Waals surface area contributed by atoms with Crippen LogP contribution in [0.5, 0.6) is 0 Å². The number of carbonyl (C=O) groups is 1. The number of aryl methyl sites for hydroxylation is 1. The molecular formula is C21H21N5OS. The summed E-state index contributed by atoms with van der Waals surface area (Å²) in [5.74, 6) is 1.21. The molecule has 0 bridgehead atoms. The van der Waals surface area contributed by atoms with Crippen molar-refractivity contribution in [2.75, 3.05) is 12.4 Å². The van der Waals surface area contributed by atoms with E-state index in [4.69, 9.17) is 4.98 Å². The van der Waals surface area contributed by atoms with Gasteiger partial charge in [-0.05, 0) is 36.1 Å². The van der Waals surface area contributed by atoms with Gasteiger partial charge in [0.25, 0.3) is 0 Å². The molecule has 0 spiro atoms. The summed E-state index contributed by atoms with van der Waals surface area (Å²) in [5.41, 5.74) is 5.20. The lowest BCUT2D eigenvalue weighted by atomic mass is 10.1. The zero-order valence-electron chi connectivity index (χ0n) is 15.8. The van der Waals surface area contributed by atoms with E-state index in [1.165, 1.54) is 0 Å². The number of hydrogen-bond acceptors (Lipinski definition) is 5. The monoisotopic (exact) mass is 391 g/mol. The predicted molar refractivity (Wildman–Crippen MR) is 113 cm³/mol. The molecule has 3 aromatic heterocycles. The SMILES string of the molecule is CNc1nc2cc(-c3cccc(CNC(=O)C4CC4)c3)sc2c2c1ncn2C. The second-order valence-electron chi connectivity index (χ2n) is 7.28. The Morgan fingerprint density at radius 1 is 1.32 bits per heavy atom. The highest BCUT2D eigenvalue weighted by molar-refractivity contribution is 7.23. The van der Waals surface area contributed by atoms with E-state index in [9.17, 15) is 4.79 Å². The van der Waals surface area contributed by atoms with Gasteiger partial charge in [-0.1, -0.05) is 18.2 Å². The van der Waals surface area contributed by atoms with Gasteiger partial charge < -0.3 is 15.2 Å². The van der Waals surface area contributed by atoms with Crippen LogP contribution in [0.15, 0.2) is 36.7 Å². The van der Waals surface area contributed by atoms with Gasteiger partial charge in [0.15, 0.2) is 5.82 Å². The standard InChI is InChI=1S/C21H21N5OS/c1-22-20-17-18(26(2)11-24-17)19-15(25-20)9-16(28-19)14-5-3-4-12(8-14)10-23-21(27)13-6-7-13/h3-5,8-9,11,13H,6-7,10H2,1-2H3,(H,22,25)(H,23,27). The van der Waals surface area contributed by atoms with E-state index in [-0.39, 0.29) is 11.8 Å². The third kappa shape index (κ3) is 2.92. The quantitative estimate of drug-likeness (QED) is 0.541. The number of anilines is 1. The molecule has 0 atom stereocenters. The van der Waals surface area contributed by atoms with Crippen molar-refractivity contribution in [3.8, 4) is 10.4 Å². The van der Waals surface area contributed by atoms with Crippen LogP contribution in [0.25, 0.3) is 31.7 Å². The Labute approximate surface area is 166 Å². The fourth-order valence-corrected chi connectivity index (χ4v) is 4.69. The van der Waals surface area contributed by atoms with E-state index in [1.54, 1.807) is 11.3 Å². The van der Waals surface area contributed by atoms with Gasteiger partial charge in [0.2, 0.25) is 5.91 Å². The second kappa shape index (κ2) is 6.60. The number of amides is 1. The van der Waals surface area contributed by atoms with E-state index in [0.717, 1.165) is 55.9 Å². The van der Waals surface area contributed by atoms with Crippen molar-refractivity contribution in [1.29, 1.82) is 0 Å². The van der Waals surface area contributed by atoms with Crippen LogP contribution in [0.1, 0.15) is 18.4 Å². The first-order chi connectivity index (χ1) is 13.6. The van der Waals surface area contributed by atoms with Crippen LogP contribution in [-0.4, -0.2) is 27.5 Å². The van der Waals surface area contributed by atoms with Crippen LogP contribution >= 0.6 is 11.3 Å². The van der Waals surface area contributed by atoms with E-state index in [1.807, 2.05) is 31.1 Å². The molecule has 1 amide bonds. The molecule has 1 fully saturated rings. The third-order valence-corrected chi connectivity index (χ3v) is 6.36. The summed E-state index contributed by atoms with van der Waals surface area (Å²) in [6, 6.07) is 10.5. The molecule has 5 rings (SSSR count). The molecule has 7 heteroatoms. The average molecular weight is 392 g/mol. The van der Waals surface area contributed by atoms with Gasteiger partial charge in [0, 0.05) is 31.4 Å². The molecule has 28 heavy (non-hydrogen) atoms. The van der Waals surface area contributed by atoms with Crippen LogP contribution < -0.4 is 10.6 Å². The summed E-state index contributed by atoms with van der Waals surface area (Å²) >= 11 is 1.73. The van der Waals surface area contributed by atoms with Gasteiger partial charge in [0.05, 0.1) is 22.1 Å². The first-order valence-corrected chi connectivity index (χ1v) is 10.2. The smallest absolute Gasteiger partial charge is 0.223 e. The Kier molecular flexibility index (Phi) is 4.05. The largest absolute Gasteiger partial charge is 0.371 e. The summed E-state index contributed by atoms with van der Waals surface area (Å²) in [7, 11) is 3.88. The molecule has 0 aliphatic heterocycles. The lowest BCUT2D eigenvalue weighted by molar-refractivity contribution is -0.122. The van der Waals surface area contributed by atoms with E-state index >= 15 is 0 Å². The second-order valence-corrected chi connectivity index (χ2v) is 8.33. The van der Waals surface area contributed by atoms with Gasteiger partial charge in [0.1, 0.15) is 5.52 Å². The number of rotatable bonds is 5. The minimum Gasteiger partial charge on any atom is -0.371 e. The molecule has 1 saturated carbocycles. The number of hydrogen-bond donors (Lipinski definition) is 2. The number of nitrogens with zero attached hydrogens (tertiary/aromatic N) is 3. The van der Waals surface area contributed by atoms with Crippen molar-refractivity contribution in [2.45, 2.75) is 19.4 Å². The summed E-state index contributed by atoms with van der Waals surface area (Å²) < 4.78 is 3.18. The lowest BCUT2D eigenvalue weighted by Gasteiger charge is -2.06. The molecule has 2 N–H and O–H groups in total.